The van der Waals surface area contributed by atoms with Crippen LogP contribution in [0.25, 0.3) is 0 Å². The van der Waals surface area contributed by atoms with Crippen molar-refractivity contribution in [2.45, 2.75) is 167 Å². The number of ether oxygens (including phenoxy) is 2. The molecule has 12 heteroatoms. The van der Waals surface area contributed by atoms with Crippen LogP contribution in [0.2, 0.25) is 0 Å². The Morgan fingerprint density at radius 2 is 1.08 bits per heavy atom. The molecule has 0 aliphatic carbocycles. The van der Waals surface area contributed by atoms with E-state index in [0.717, 1.165) is 89.9 Å². The molecule has 0 saturated heterocycles. The number of carbonyl (C=O) groups is 3. The van der Waals surface area contributed by atoms with Gasteiger partial charge in [-0.25, -0.2) is 4.57 Å². The van der Waals surface area contributed by atoms with E-state index in [1.807, 2.05) is 0 Å². The van der Waals surface area contributed by atoms with Crippen LogP contribution in [0.3, 0.4) is 0 Å². The lowest BCUT2D eigenvalue weighted by Crippen LogP contribution is -2.34. The van der Waals surface area contributed by atoms with Gasteiger partial charge in [-0.3, -0.25) is 23.4 Å². The number of allylic oxidation sites excluding steroid dienone is 8. The molecule has 300 valence electrons. The summed E-state index contributed by atoms with van der Waals surface area (Å²) in [6.45, 7) is 2.62. The molecule has 1 unspecified atom stereocenters. The fourth-order valence-corrected chi connectivity index (χ4v) is 5.73. The van der Waals surface area contributed by atoms with Crippen LogP contribution in [-0.2, 0) is 37.5 Å². The lowest BCUT2D eigenvalue weighted by molar-refractivity contribution is -0.161. The molecule has 0 radical (unpaired) electrons. The molecule has 4 N–H and O–H groups in total. The van der Waals surface area contributed by atoms with Gasteiger partial charge in [-0.15, -0.1) is 0 Å². The number of carboxylic acid groups (broad SMARTS) is 1. The maximum Gasteiger partial charge on any atom is 0.472 e. The van der Waals surface area contributed by atoms with E-state index in [2.05, 4.69) is 67.0 Å². The van der Waals surface area contributed by atoms with Crippen LogP contribution in [0.1, 0.15) is 155 Å². The summed E-state index contributed by atoms with van der Waals surface area (Å²) in [5.41, 5.74) is 5.32. The van der Waals surface area contributed by atoms with Crippen LogP contribution >= 0.6 is 7.82 Å². The predicted molar refractivity (Wildman–Crippen MR) is 208 cm³/mol. The first-order chi connectivity index (χ1) is 25.1. The van der Waals surface area contributed by atoms with Gasteiger partial charge in [0.15, 0.2) is 6.10 Å². The van der Waals surface area contributed by atoms with E-state index in [9.17, 15) is 23.8 Å². The molecular weight excluding hydrogens is 685 g/mol. The molecule has 0 rings (SSSR count). The fourth-order valence-electron chi connectivity index (χ4n) is 4.95. The van der Waals surface area contributed by atoms with Gasteiger partial charge in [0.1, 0.15) is 12.6 Å². The molecule has 3 atom stereocenters. The molecule has 0 aliphatic heterocycles. The number of hydrogen-bond acceptors (Lipinski definition) is 9. The van der Waals surface area contributed by atoms with Crippen molar-refractivity contribution in [1.29, 1.82) is 0 Å². The SMILES string of the molecule is CC/C=C/C/C=C/C/C=C/CCCCCCCC(=O)O[C@H](COC(=O)CCCCCCC/C=C/CCCCCC)COP(=O)(O)OC[C@H](N)C(=O)O. The summed E-state index contributed by atoms with van der Waals surface area (Å²) >= 11 is 0. The average molecular weight is 756 g/mol. The quantitative estimate of drug-likeness (QED) is 0.0241. The second-order valence-electron chi connectivity index (χ2n) is 13.0. The van der Waals surface area contributed by atoms with Crippen LogP contribution in [0.15, 0.2) is 48.6 Å². The second kappa shape index (κ2) is 35.5. The minimum atomic E-state index is -4.72. The van der Waals surface area contributed by atoms with Crippen molar-refractivity contribution in [3.63, 3.8) is 0 Å². The van der Waals surface area contributed by atoms with Gasteiger partial charge in [-0.05, 0) is 70.6 Å². The zero-order valence-electron chi connectivity index (χ0n) is 32.1. The van der Waals surface area contributed by atoms with Gasteiger partial charge in [-0.1, -0.05) is 120 Å². The third kappa shape index (κ3) is 34.5. The Hall–Kier alpha value is -2.56. The Bertz CT molecular complexity index is 1070. The molecule has 0 spiro atoms. The monoisotopic (exact) mass is 755 g/mol. The highest BCUT2D eigenvalue weighted by atomic mass is 31.2. The number of phosphoric acid groups is 1. The Morgan fingerprint density at radius 3 is 1.63 bits per heavy atom. The minimum Gasteiger partial charge on any atom is -0.480 e. The highest BCUT2D eigenvalue weighted by Gasteiger charge is 2.28. The van der Waals surface area contributed by atoms with E-state index in [4.69, 9.17) is 24.8 Å². The number of unbranched alkanes of at least 4 members (excludes halogenated alkanes) is 14. The van der Waals surface area contributed by atoms with E-state index in [-0.39, 0.29) is 19.4 Å². The predicted octanol–water partition coefficient (Wildman–Crippen LogP) is 9.83. The highest BCUT2D eigenvalue weighted by Crippen LogP contribution is 2.43. The molecule has 0 fully saturated rings. The normalized spacial score (nSPS) is 14.4. The maximum atomic E-state index is 12.6. The molecule has 0 saturated carbocycles. The first-order valence-corrected chi connectivity index (χ1v) is 21.2. The summed E-state index contributed by atoms with van der Waals surface area (Å²) in [5.74, 6) is -2.42. The number of hydrogen-bond donors (Lipinski definition) is 3. The number of phosphoric ester groups is 1. The minimum absolute atomic E-state index is 0.139. The van der Waals surface area contributed by atoms with E-state index < -0.39 is 51.1 Å². The molecule has 0 aromatic heterocycles. The number of nitrogens with two attached hydrogens (primary N) is 1. The summed E-state index contributed by atoms with van der Waals surface area (Å²) in [6, 6.07) is -1.53. The summed E-state index contributed by atoms with van der Waals surface area (Å²) in [4.78, 5) is 45.8. The Morgan fingerprint density at radius 1 is 0.615 bits per heavy atom. The van der Waals surface area contributed by atoms with Crippen LogP contribution in [0.4, 0.5) is 0 Å². The number of carbonyl (C=O) groups excluding carboxylic acids is 2. The van der Waals surface area contributed by atoms with Crippen molar-refractivity contribution >= 4 is 25.7 Å². The summed E-state index contributed by atoms with van der Waals surface area (Å²) in [6.07, 6.45) is 37.5. The van der Waals surface area contributed by atoms with Crippen molar-refractivity contribution in [3.05, 3.63) is 48.6 Å². The summed E-state index contributed by atoms with van der Waals surface area (Å²) in [7, 11) is -4.72. The van der Waals surface area contributed by atoms with E-state index in [1.54, 1.807) is 0 Å². The zero-order chi connectivity index (χ0) is 38.5. The fraction of sp³-hybridized carbons (Fsp3) is 0.725. The third-order valence-corrected chi connectivity index (χ3v) is 9.01. The van der Waals surface area contributed by atoms with Gasteiger partial charge in [0.05, 0.1) is 13.2 Å². The Labute approximate surface area is 314 Å². The molecule has 0 aliphatic rings. The van der Waals surface area contributed by atoms with Gasteiger partial charge in [0, 0.05) is 12.8 Å². The van der Waals surface area contributed by atoms with Gasteiger partial charge in [0.2, 0.25) is 0 Å². The van der Waals surface area contributed by atoms with Crippen molar-refractivity contribution in [1.82, 2.24) is 0 Å². The first-order valence-electron chi connectivity index (χ1n) is 19.7. The van der Waals surface area contributed by atoms with Gasteiger partial charge >= 0.3 is 25.7 Å². The van der Waals surface area contributed by atoms with Crippen LogP contribution in [-0.4, -0.2) is 59.9 Å². The molecule has 0 aromatic carbocycles. The van der Waals surface area contributed by atoms with Crippen LogP contribution in [0.5, 0.6) is 0 Å². The standard InChI is InChI=1S/C40H70NO10P/c1-3-5-7-9-11-13-15-17-18-20-22-24-26-28-30-32-39(43)51-36(34-49-52(46,47)50-35-37(41)40(44)45)33-48-38(42)31-29-27-25-23-21-19-16-14-12-10-8-6-4-2/h5,7,11,13-14,16-18,36-37H,3-4,6,8-10,12,15,19-35,41H2,1-2H3,(H,44,45)(H,46,47)/b7-5+,13-11+,16-14+,18-17+/t36-,37+/m1/s1. The molecule has 52 heavy (non-hydrogen) atoms. The topological polar surface area (TPSA) is 172 Å². The largest absolute Gasteiger partial charge is 0.480 e. The second-order valence-corrected chi connectivity index (χ2v) is 14.5. The maximum absolute atomic E-state index is 12.6. The number of esters is 2. The van der Waals surface area contributed by atoms with Crippen molar-refractivity contribution in [2.24, 2.45) is 5.73 Å². The van der Waals surface area contributed by atoms with Gasteiger partial charge in [0.25, 0.3) is 0 Å². The molecular formula is C40H70NO10P. The van der Waals surface area contributed by atoms with E-state index in [1.165, 1.54) is 25.7 Å². The summed E-state index contributed by atoms with van der Waals surface area (Å²) in [5, 5.41) is 8.86. The highest BCUT2D eigenvalue weighted by molar-refractivity contribution is 7.47. The smallest absolute Gasteiger partial charge is 0.472 e. The number of rotatable bonds is 36. The first kappa shape index (κ1) is 49.4. The molecule has 0 bridgehead atoms. The molecule has 11 nitrogen and oxygen atoms in total. The molecule has 0 amide bonds. The third-order valence-electron chi connectivity index (χ3n) is 8.06. The summed E-state index contributed by atoms with van der Waals surface area (Å²) < 4.78 is 32.6. The van der Waals surface area contributed by atoms with Crippen LogP contribution < -0.4 is 5.73 Å². The van der Waals surface area contributed by atoms with Crippen LogP contribution in [0, 0.1) is 0 Å². The zero-order valence-corrected chi connectivity index (χ0v) is 33.0. The van der Waals surface area contributed by atoms with Gasteiger partial charge < -0.3 is 25.2 Å². The van der Waals surface area contributed by atoms with Crippen molar-refractivity contribution in [3.8, 4) is 0 Å². The number of aliphatic carboxylic acids is 1. The lowest BCUT2D eigenvalue weighted by atomic mass is 10.1. The number of carboxylic acids is 1. The van der Waals surface area contributed by atoms with Gasteiger partial charge in [-0.2, -0.15) is 0 Å². The molecule has 0 heterocycles. The average Bonchev–Trinajstić information content (AvgIpc) is 3.12. The Kier molecular flexibility index (Phi) is 33.7. The lowest BCUT2D eigenvalue weighted by Gasteiger charge is -2.20. The molecule has 0 aromatic rings. The van der Waals surface area contributed by atoms with E-state index in [0.29, 0.717) is 12.8 Å². The van der Waals surface area contributed by atoms with E-state index >= 15 is 0 Å². The Balaban J connectivity index is 4.48. The van der Waals surface area contributed by atoms with Crippen molar-refractivity contribution < 1.29 is 47.5 Å². The van der Waals surface area contributed by atoms with Crippen molar-refractivity contribution in [2.75, 3.05) is 19.8 Å².